The van der Waals surface area contributed by atoms with E-state index in [4.69, 9.17) is 4.74 Å². The molecule has 0 amide bonds. The number of fused-ring (bicyclic) bond motifs is 1. The molecule has 0 spiro atoms. The lowest BCUT2D eigenvalue weighted by molar-refractivity contribution is 0.0246. The third kappa shape index (κ3) is 3.27. The molecule has 170 valence electrons. The minimum absolute atomic E-state index is 0.00624. The Morgan fingerprint density at radius 3 is 1.79 bits per heavy atom. The highest BCUT2D eigenvalue weighted by molar-refractivity contribution is 9.11. The molecule has 0 radical (unpaired) electrons. The zero-order valence-electron chi connectivity index (χ0n) is 18.2. The Bertz CT molecular complexity index is 1310. The molecule has 0 saturated carbocycles. The molecule has 3 aromatic rings. The van der Waals surface area contributed by atoms with Gasteiger partial charge in [0.2, 0.25) is 0 Å². The smallest absolute Gasteiger partial charge is 0.340 e. The molecule has 0 atom stereocenters. The maximum Gasteiger partial charge on any atom is 0.340 e. The van der Waals surface area contributed by atoms with Crippen LogP contribution in [0, 0.1) is 27.7 Å². The van der Waals surface area contributed by atoms with Gasteiger partial charge in [0, 0.05) is 16.7 Å². The molecule has 0 unspecified atom stereocenters. The lowest BCUT2D eigenvalue weighted by Crippen LogP contribution is -2.32. The second-order valence-electron chi connectivity index (χ2n) is 8.19. The van der Waals surface area contributed by atoms with Crippen molar-refractivity contribution >= 4 is 43.8 Å². The van der Waals surface area contributed by atoms with E-state index >= 15 is 0 Å². The molecule has 3 N–H and O–H groups in total. The van der Waals surface area contributed by atoms with E-state index in [-0.39, 0.29) is 22.6 Å². The molecule has 6 nitrogen and oxygen atoms in total. The van der Waals surface area contributed by atoms with E-state index in [0.29, 0.717) is 36.8 Å². The van der Waals surface area contributed by atoms with Gasteiger partial charge in [-0.15, -0.1) is 0 Å². The number of phenols is 2. The van der Waals surface area contributed by atoms with Crippen molar-refractivity contribution in [3.8, 4) is 11.5 Å². The summed E-state index contributed by atoms with van der Waals surface area (Å²) in [5.41, 5.74) is 2.43. The first kappa shape index (κ1) is 23.3. The summed E-state index contributed by atoms with van der Waals surface area (Å²) in [7, 11) is 0. The first-order chi connectivity index (χ1) is 15.4. The van der Waals surface area contributed by atoms with Crippen LogP contribution < -0.4 is 0 Å². The van der Waals surface area contributed by atoms with E-state index in [1.807, 2.05) is 26.0 Å². The summed E-state index contributed by atoms with van der Waals surface area (Å²) in [6.07, 6.45) is 0. The SMILES string of the molecule is Cc1cc(C2(c3cc(C)c(Br)c(O)c3C)OC(=O)c3cc(C(=O)O)ccc32)c(C)c(O)c1Br. The fourth-order valence-electron chi connectivity index (χ4n) is 4.41. The lowest BCUT2D eigenvalue weighted by Gasteiger charge is -2.34. The molecule has 0 aromatic heterocycles. The molecule has 8 heteroatoms. The number of carbonyl (C=O) groups is 2. The van der Waals surface area contributed by atoms with Crippen LogP contribution in [0.3, 0.4) is 0 Å². The number of rotatable bonds is 3. The summed E-state index contributed by atoms with van der Waals surface area (Å²) in [6, 6.07) is 7.91. The van der Waals surface area contributed by atoms with Crippen molar-refractivity contribution in [3.63, 3.8) is 0 Å². The summed E-state index contributed by atoms with van der Waals surface area (Å²) in [5.74, 6) is -1.84. The molecule has 4 rings (SSSR count). The van der Waals surface area contributed by atoms with Crippen LogP contribution in [0.25, 0.3) is 0 Å². The van der Waals surface area contributed by atoms with Crippen LogP contribution in [-0.2, 0) is 10.3 Å². The van der Waals surface area contributed by atoms with Crippen LogP contribution in [0.15, 0.2) is 39.3 Å². The number of esters is 1. The number of halogens is 2. The summed E-state index contributed by atoms with van der Waals surface area (Å²) in [6.45, 7) is 7.05. The van der Waals surface area contributed by atoms with E-state index in [0.717, 1.165) is 11.1 Å². The van der Waals surface area contributed by atoms with E-state index in [2.05, 4.69) is 31.9 Å². The summed E-state index contributed by atoms with van der Waals surface area (Å²) >= 11 is 6.79. The Labute approximate surface area is 207 Å². The van der Waals surface area contributed by atoms with Crippen molar-refractivity contribution in [3.05, 3.63) is 89.3 Å². The Balaban J connectivity index is 2.20. The molecular formula is C25H20Br2O6. The molecule has 1 aliphatic heterocycles. The van der Waals surface area contributed by atoms with Crippen LogP contribution >= 0.6 is 31.9 Å². The zero-order valence-corrected chi connectivity index (χ0v) is 21.4. The van der Waals surface area contributed by atoms with Crippen molar-refractivity contribution in [2.45, 2.75) is 33.3 Å². The molecular weight excluding hydrogens is 556 g/mol. The number of aromatic carboxylic acids is 1. The molecule has 1 aliphatic rings. The van der Waals surface area contributed by atoms with Crippen LogP contribution in [-0.4, -0.2) is 27.3 Å². The minimum atomic E-state index is -1.51. The van der Waals surface area contributed by atoms with Gasteiger partial charge < -0.3 is 20.1 Å². The van der Waals surface area contributed by atoms with Gasteiger partial charge in [0.05, 0.1) is 20.1 Å². The second-order valence-corrected chi connectivity index (χ2v) is 9.78. The Morgan fingerprint density at radius 2 is 1.33 bits per heavy atom. The van der Waals surface area contributed by atoms with Crippen molar-refractivity contribution < 1.29 is 29.6 Å². The first-order valence-electron chi connectivity index (χ1n) is 10.0. The van der Waals surface area contributed by atoms with Crippen molar-refractivity contribution in [2.24, 2.45) is 0 Å². The number of aromatic hydroxyl groups is 2. The predicted octanol–water partition coefficient (Wildman–Crippen LogP) is 6.02. The number of hydrogen-bond donors (Lipinski definition) is 3. The van der Waals surface area contributed by atoms with Gasteiger partial charge in [0.15, 0.2) is 5.60 Å². The van der Waals surface area contributed by atoms with Crippen LogP contribution in [0.5, 0.6) is 11.5 Å². The maximum absolute atomic E-state index is 13.1. The van der Waals surface area contributed by atoms with Crippen molar-refractivity contribution in [2.75, 3.05) is 0 Å². The largest absolute Gasteiger partial charge is 0.506 e. The van der Waals surface area contributed by atoms with E-state index in [9.17, 15) is 24.9 Å². The van der Waals surface area contributed by atoms with Gasteiger partial charge in [0.1, 0.15) is 11.5 Å². The molecule has 33 heavy (non-hydrogen) atoms. The third-order valence-corrected chi connectivity index (χ3v) is 8.22. The van der Waals surface area contributed by atoms with Crippen molar-refractivity contribution in [1.29, 1.82) is 0 Å². The topological polar surface area (TPSA) is 104 Å². The fourth-order valence-corrected chi connectivity index (χ4v) is 5.24. The number of carboxylic acid groups (broad SMARTS) is 1. The molecule has 0 saturated heterocycles. The highest BCUT2D eigenvalue weighted by atomic mass is 79.9. The highest BCUT2D eigenvalue weighted by Gasteiger charge is 2.51. The van der Waals surface area contributed by atoms with E-state index in [1.165, 1.54) is 12.1 Å². The van der Waals surface area contributed by atoms with Gasteiger partial charge in [-0.2, -0.15) is 0 Å². The fraction of sp³-hybridized carbons (Fsp3) is 0.200. The third-order valence-electron chi connectivity index (χ3n) is 6.22. The quantitative estimate of drug-likeness (QED) is 0.330. The maximum atomic E-state index is 13.1. The Kier molecular flexibility index (Phi) is 5.57. The van der Waals surface area contributed by atoms with Gasteiger partial charge >= 0.3 is 11.9 Å². The molecule has 0 aliphatic carbocycles. The monoisotopic (exact) mass is 574 g/mol. The lowest BCUT2D eigenvalue weighted by atomic mass is 9.75. The van der Waals surface area contributed by atoms with E-state index in [1.54, 1.807) is 19.9 Å². The predicted molar refractivity (Wildman–Crippen MR) is 129 cm³/mol. The average molecular weight is 576 g/mol. The van der Waals surface area contributed by atoms with Gasteiger partial charge in [-0.3, -0.25) is 0 Å². The van der Waals surface area contributed by atoms with Crippen molar-refractivity contribution in [1.82, 2.24) is 0 Å². The van der Waals surface area contributed by atoms with E-state index < -0.39 is 17.5 Å². The summed E-state index contributed by atoms with van der Waals surface area (Å²) in [5, 5.41) is 31.1. The minimum Gasteiger partial charge on any atom is -0.506 e. The van der Waals surface area contributed by atoms with Crippen LogP contribution in [0.4, 0.5) is 0 Å². The number of carbonyl (C=O) groups excluding carboxylic acids is 1. The van der Waals surface area contributed by atoms with Crippen LogP contribution in [0.2, 0.25) is 0 Å². The number of ether oxygens (including phenoxy) is 1. The normalized spacial score (nSPS) is 14.2. The number of phenolic OH excluding ortho intramolecular Hbond substituents is 2. The number of carboxylic acids is 1. The Hall–Kier alpha value is -2.84. The number of hydrogen-bond acceptors (Lipinski definition) is 5. The standard InChI is InChI=1S/C25H20Br2O6/c1-10-7-17(12(3)21(28)19(10)26)25(18-8-11(2)20(27)22(29)13(18)4)16-6-5-14(23(30)31)9-15(16)24(32)33-25/h5-9,28-29H,1-4H3,(H,30,31). The molecule has 1 heterocycles. The van der Waals surface area contributed by atoms with Gasteiger partial charge in [-0.25, -0.2) is 9.59 Å². The number of aryl methyl sites for hydroxylation is 2. The van der Waals surface area contributed by atoms with Crippen LogP contribution in [0.1, 0.15) is 59.7 Å². The van der Waals surface area contributed by atoms with Gasteiger partial charge in [-0.1, -0.05) is 6.07 Å². The first-order valence-corrected chi connectivity index (χ1v) is 11.6. The average Bonchev–Trinajstić information content (AvgIpc) is 3.08. The summed E-state index contributed by atoms with van der Waals surface area (Å²) < 4.78 is 7.15. The second kappa shape index (κ2) is 7.88. The number of cyclic esters (lactones) is 1. The van der Waals surface area contributed by atoms with Gasteiger partial charge in [0.25, 0.3) is 0 Å². The molecule has 0 bridgehead atoms. The zero-order chi connectivity index (χ0) is 24.4. The Morgan fingerprint density at radius 1 is 0.848 bits per heavy atom. The summed E-state index contributed by atoms with van der Waals surface area (Å²) in [4.78, 5) is 24.7. The number of benzene rings is 3. The molecule has 3 aromatic carbocycles. The van der Waals surface area contributed by atoms with Gasteiger partial charge in [-0.05, 0) is 106 Å². The highest BCUT2D eigenvalue weighted by Crippen LogP contribution is 2.53. The molecule has 0 fully saturated rings.